The molecule has 2 N–H and O–H groups in total. The first-order valence-corrected chi connectivity index (χ1v) is 6.04. The van der Waals surface area contributed by atoms with Crippen molar-refractivity contribution in [1.82, 2.24) is 10.2 Å². The number of amides is 1. The molecular formula is C12H24N2O2. The van der Waals surface area contributed by atoms with Crippen molar-refractivity contribution in [2.45, 2.75) is 51.2 Å². The average molecular weight is 228 g/mol. The Labute approximate surface area is 98.0 Å². The first-order valence-electron chi connectivity index (χ1n) is 6.04. The molecule has 1 rings (SSSR count). The van der Waals surface area contributed by atoms with Crippen LogP contribution in [0.25, 0.3) is 0 Å². The minimum absolute atomic E-state index is 0.106. The first-order chi connectivity index (χ1) is 7.31. The van der Waals surface area contributed by atoms with Gasteiger partial charge in [-0.05, 0) is 39.7 Å². The van der Waals surface area contributed by atoms with Gasteiger partial charge in [-0.25, -0.2) is 0 Å². The molecular weight excluding hydrogens is 204 g/mol. The third-order valence-corrected chi connectivity index (χ3v) is 3.23. The molecule has 0 aromatic carbocycles. The number of likely N-dealkylation sites (N-methyl/N-ethyl adjacent to an activating group) is 1. The van der Waals surface area contributed by atoms with Crippen molar-refractivity contribution < 1.29 is 9.90 Å². The van der Waals surface area contributed by atoms with E-state index in [0.29, 0.717) is 6.54 Å². The van der Waals surface area contributed by atoms with Crippen LogP contribution in [0.2, 0.25) is 0 Å². The monoisotopic (exact) mass is 228 g/mol. The van der Waals surface area contributed by atoms with Crippen LogP contribution in [0, 0.1) is 0 Å². The van der Waals surface area contributed by atoms with Crippen LogP contribution in [0.4, 0.5) is 0 Å². The largest absolute Gasteiger partial charge is 0.389 e. The van der Waals surface area contributed by atoms with E-state index in [1.165, 1.54) is 0 Å². The van der Waals surface area contributed by atoms with E-state index in [1.54, 1.807) is 25.8 Å². The Morgan fingerprint density at radius 1 is 1.56 bits per heavy atom. The molecule has 1 fully saturated rings. The summed E-state index contributed by atoms with van der Waals surface area (Å²) in [6.07, 6.45) is 2.76. The second-order valence-electron chi connectivity index (χ2n) is 5.44. The van der Waals surface area contributed by atoms with Crippen molar-refractivity contribution in [2.24, 2.45) is 0 Å². The molecule has 4 nitrogen and oxygen atoms in total. The fraction of sp³-hybridized carbons (Fsp3) is 0.917. The highest BCUT2D eigenvalue weighted by Gasteiger charge is 2.41. The zero-order valence-corrected chi connectivity index (χ0v) is 10.8. The van der Waals surface area contributed by atoms with Gasteiger partial charge < -0.3 is 15.3 Å². The summed E-state index contributed by atoms with van der Waals surface area (Å²) in [7, 11) is 1.76. The van der Waals surface area contributed by atoms with Crippen LogP contribution in [0.1, 0.15) is 40.0 Å². The molecule has 0 saturated carbocycles. The fourth-order valence-electron chi connectivity index (χ4n) is 2.46. The van der Waals surface area contributed by atoms with Crippen molar-refractivity contribution in [3.8, 4) is 0 Å². The van der Waals surface area contributed by atoms with Gasteiger partial charge in [-0.1, -0.05) is 6.92 Å². The van der Waals surface area contributed by atoms with Crippen LogP contribution in [0.15, 0.2) is 0 Å². The molecule has 0 aliphatic carbocycles. The second kappa shape index (κ2) is 4.72. The molecule has 0 radical (unpaired) electrons. The zero-order valence-electron chi connectivity index (χ0n) is 10.8. The summed E-state index contributed by atoms with van der Waals surface area (Å²) in [6.45, 7) is 6.76. The van der Waals surface area contributed by atoms with Crippen molar-refractivity contribution in [3.63, 3.8) is 0 Å². The van der Waals surface area contributed by atoms with Crippen LogP contribution in [0.3, 0.4) is 0 Å². The molecule has 1 saturated heterocycles. The second-order valence-corrected chi connectivity index (χ2v) is 5.44. The molecule has 4 heteroatoms. The number of carbonyl (C=O) groups excluding carboxylic acids is 1. The number of rotatable bonds is 4. The lowest BCUT2D eigenvalue weighted by Gasteiger charge is -2.34. The summed E-state index contributed by atoms with van der Waals surface area (Å²) < 4.78 is 0. The normalized spacial score (nSPS) is 25.8. The molecule has 0 aromatic heterocycles. The maximum atomic E-state index is 12.3. The lowest BCUT2D eigenvalue weighted by atomic mass is 9.92. The zero-order chi connectivity index (χ0) is 12.4. The molecule has 0 bridgehead atoms. The molecule has 94 valence electrons. The molecule has 1 aliphatic heterocycles. The quantitative estimate of drug-likeness (QED) is 0.746. The average Bonchev–Trinajstić information content (AvgIpc) is 2.63. The standard InChI is InChI=1S/C12H24N2O2/c1-5-12(7-6-8-13-12)10(15)14(4)9-11(2,3)16/h13,16H,5-9H2,1-4H3. The van der Waals surface area contributed by atoms with Crippen LogP contribution in [0.5, 0.6) is 0 Å². The molecule has 0 aromatic rings. The van der Waals surface area contributed by atoms with E-state index in [1.807, 2.05) is 6.92 Å². The highest BCUT2D eigenvalue weighted by Crippen LogP contribution is 2.25. The summed E-state index contributed by atoms with van der Waals surface area (Å²) in [5.41, 5.74) is -1.22. The first kappa shape index (κ1) is 13.5. The van der Waals surface area contributed by atoms with E-state index in [0.717, 1.165) is 25.8 Å². The predicted octanol–water partition coefficient (Wildman–Crippen LogP) is 0.748. The highest BCUT2D eigenvalue weighted by atomic mass is 16.3. The Morgan fingerprint density at radius 3 is 2.56 bits per heavy atom. The topological polar surface area (TPSA) is 52.6 Å². The minimum atomic E-state index is -0.835. The van der Waals surface area contributed by atoms with Gasteiger partial charge in [0.2, 0.25) is 5.91 Å². The number of nitrogens with one attached hydrogen (secondary N) is 1. The molecule has 1 aliphatic rings. The fourth-order valence-corrected chi connectivity index (χ4v) is 2.46. The molecule has 1 amide bonds. The van der Waals surface area contributed by atoms with E-state index >= 15 is 0 Å². The van der Waals surface area contributed by atoms with Gasteiger partial charge in [0.15, 0.2) is 0 Å². The predicted molar refractivity (Wildman–Crippen MR) is 64.2 cm³/mol. The summed E-state index contributed by atoms with van der Waals surface area (Å²) in [4.78, 5) is 14.0. The maximum absolute atomic E-state index is 12.3. The van der Waals surface area contributed by atoms with Crippen LogP contribution in [-0.4, -0.2) is 47.2 Å². The number of nitrogens with zero attached hydrogens (tertiary/aromatic N) is 1. The number of aliphatic hydroxyl groups is 1. The van der Waals surface area contributed by atoms with Crippen LogP contribution < -0.4 is 5.32 Å². The molecule has 16 heavy (non-hydrogen) atoms. The van der Waals surface area contributed by atoms with Crippen molar-refractivity contribution in [1.29, 1.82) is 0 Å². The molecule has 1 atom stereocenters. The van der Waals surface area contributed by atoms with Gasteiger partial charge in [-0.2, -0.15) is 0 Å². The van der Waals surface area contributed by atoms with E-state index in [4.69, 9.17) is 0 Å². The third-order valence-electron chi connectivity index (χ3n) is 3.23. The van der Waals surface area contributed by atoms with Crippen molar-refractivity contribution >= 4 is 5.91 Å². The Kier molecular flexibility index (Phi) is 3.97. The molecule has 1 unspecified atom stereocenters. The van der Waals surface area contributed by atoms with E-state index in [-0.39, 0.29) is 11.4 Å². The van der Waals surface area contributed by atoms with Gasteiger partial charge in [0.05, 0.1) is 11.1 Å². The summed E-state index contributed by atoms with van der Waals surface area (Å²) in [5, 5.41) is 13.0. The van der Waals surface area contributed by atoms with Crippen LogP contribution >= 0.6 is 0 Å². The van der Waals surface area contributed by atoms with Gasteiger partial charge >= 0.3 is 0 Å². The van der Waals surface area contributed by atoms with Crippen molar-refractivity contribution in [3.05, 3.63) is 0 Å². The lowest BCUT2D eigenvalue weighted by Crippen LogP contribution is -2.55. The smallest absolute Gasteiger partial charge is 0.242 e. The van der Waals surface area contributed by atoms with Crippen molar-refractivity contribution in [2.75, 3.05) is 20.1 Å². The molecule has 0 spiro atoms. The van der Waals surface area contributed by atoms with Gasteiger partial charge in [0.25, 0.3) is 0 Å². The number of hydrogen-bond donors (Lipinski definition) is 2. The number of hydrogen-bond acceptors (Lipinski definition) is 3. The minimum Gasteiger partial charge on any atom is -0.389 e. The highest BCUT2D eigenvalue weighted by molar-refractivity contribution is 5.86. The van der Waals surface area contributed by atoms with Gasteiger partial charge in [0.1, 0.15) is 0 Å². The van der Waals surface area contributed by atoms with Gasteiger partial charge in [-0.15, -0.1) is 0 Å². The maximum Gasteiger partial charge on any atom is 0.242 e. The van der Waals surface area contributed by atoms with E-state index < -0.39 is 5.60 Å². The SMILES string of the molecule is CCC1(C(=O)N(C)CC(C)(C)O)CCCN1. The Bertz CT molecular complexity index is 252. The van der Waals surface area contributed by atoms with Gasteiger partial charge in [-0.3, -0.25) is 4.79 Å². The van der Waals surface area contributed by atoms with Gasteiger partial charge in [0, 0.05) is 13.6 Å². The number of carbonyl (C=O) groups is 1. The van der Waals surface area contributed by atoms with Crippen LogP contribution in [-0.2, 0) is 4.79 Å². The summed E-state index contributed by atoms with van der Waals surface area (Å²) >= 11 is 0. The molecule has 1 heterocycles. The Morgan fingerprint density at radius 2 is 2.19 bits per heavy atom. The summed E-state index contributed by atoms with van der Waals surface area (Å²) in [6, 6.07) is 0. The lowest BCUT2D eigenvalue weighted by molar-refractivity contribution is -0.139. The van der Waals surface area contributed by atoms with E-state index in [9.17, 15) is 9.90 Å². The van der Waals surface area contributed by atoms with E-state index in [2.05, 4.69) is 5.32 Å². The Hall–Kier alpha value is -0.610. The Balaban J connectivity index is 2.68. The third kappa shape index (κ3) is 2.95. The summed E-state index contributed by atoms with van der Waals surface area (Å²) in [5.74, 6) is 0.106.